The van der Waals surface area contributed by atoms with Crippen LogP contribution in [0.25, 0.3) is 10.9 Å². The summed E-state index contributed by atoms with van der Waals surface area (Å²) in [6.07, 6.45) is 1.78. The first-order chi connectivity index (χ1) is 10.5. The molecule has 0 bridgehead atoms. The van der Waals surface area contributed by atoms with Gasteiger partial charge in [-0.1, -0.05) is 25.1 Å². The van der Waals surface area contributed by atoms with Gasteiger partial charge in [0.2, 0.25) is 5.91 Å². The number of methoxy groups -OCH3 is 1. The standard InChI is InChI=1S/C16H20N4O2/c1-12(15(21)19-16(2,10-17)11-22-3)9-20-14-7-5-4-6-13(14)8-18-20/h4-8,12H,9,11H2,1-3H3,(H,19,21)/t12-,16-/m0/s1. The third-order valence-electron chi connectivity index (χ3n) is 3.52. The van der Waals surface area contributed by atoms with Crippen LogP contribution < -0.4 is 5.32 Å². The van der Waals surface area contributed by atoms with Crippen molar-refractivity contribution in [2.45, 2.75) is 25.9 Å². The molecule has 0 fully saturated rings. The summed E-state index contributed by atoms with van der Waals surface area (Å²) in [5.74, 6) is -0.506. The van der Waals surface area contributed by atoms with Crippen LogP contribution in [0.2, 0.25) is 0 Å². The van der Waals surface area contributed by atoms with E-state index in [1.807, 2.05) is 31.2 Å². The minimum atomic E-state index is -1.02. The molecule has 2 rings (SSSR count). The Morgan fingerprint density at radius 1 is 1.55 bits per heavy atom. The Labute approximate surface area is 129 Å². The van der Waals surface area contributed by atoms with Gasteiger partial charge in [-0.05, 0) is 13.0 Å². The van der Waals surface area contributed by atoms with Gasteiger partial charge in [-0.25, -0.2) is 0 Å². The molecule has 0 spiro atoms. The summed E-state index contributed by atoms with van der Waals surface area (Å²) in [4.78, 5) is 12.3. The Balaban J connectivity index is 2.07. The average Bonchev–Trinajstić information content (AvgIpc) is 2.90. The average molecular weight is 300 g/mol. The first-order valence-corrected chi connectivity index (χ1v) is 7.12. The number of nitrogens with zero attached hydrogens (tertiary/aromatic N) is 3. The molecule has 1 amide bonds. The Hall–Kier alpha value is -2.39. The Bertz CT molecular complexity index is 703. The summed E-state index contributed by atoms with van der Waals surface area (Å²) in [5, 5.41) is 17.3. The van der Waals surface area contributed by atoms with E-state index in [1.54, 1.807) is 17.8 Å². The van der Waals surface area contributed by atoms with Crippen molar-refractivity contribution in [3.05, 3.63) is 30.5 Å². The maximum atomic E-state index is 12.3. The van der Waals surface area contributed by atoms with Crippen molar-refractivity contribution in [3.63, 3.8) is 0 Å². The van der Waals surface area contributed by atoms with Gasteiger partial charge in [-0.2, -0.15) is 10.4 Å². The van der Waals surface area contributed by atoms with E-state index >= 15 is 0 Å². The number of nitrogens with one attached hydrogen (secondary N) is 1. The highest BCUT2D eigenvalue weighted by atomic mass is 16.5. The van der Waals surface area contributed by atoms with E-state index in [9.17, 15) is 10.1 Å². The molecule has 0 saturated heterocycles. The monoisotopic (exact) mass is 300 g/mol. The van der Waals surface area contributed by atoms with Crippen LogP contribution in [-0.2, 0) is 16.1 Å². The molecule has 116 valence electrons. The fourth-order valence-electron chi connectivity index (χ4n) is 2.29. The lowest BCUT2D eigenvalue weighted by atomic mass is 10.0. The lowest BCUT2D eigenvalue weighted by Crippen LogP contribution is -2.50. The van der Waals surface area contributed by atoms with Crippen molar-refractivity contribution >= 4 is 16.8 Å². The van der Waals surface area contributed by atoms with Crippen LogP contribution in [-0.4, -0.2) is 34.9 Å². The third kappa shape index (κ3) is 3.43. The van der Waals surface area contributed by atoms with Crippen LogP contribution in [0.3, 0.4) is 0 Å². The number of carbonyl (C=O) groups is 1. The summed E-state index contributed by atoms with van der Waals surface area (Å²) < 4.78 is 6.79. The van der Waals surface area contributed by atoms with Gasteiger partial charge in [0.15, 0.2) is 0 Å². The van der Waals surface area contributed by atoms with Crippen molar-refractivity contribution in [3.8, 4) is 6.07 Å². The highest BCUT2D eigenvalue weighted by molar-refractivity contribution is 5.81. The first kappa shape index (κ1) is 16.0. The van der Waals surface area contributed by atoms with Crippen LogP contribution in [0.15, 0.2) is 30.5 Å². The highest BCUT2D eigenvalue weighted by Gasteiger charge is 2.28. The molecule has 0 radical (unpaired) electrons. The zero-order chi connectivity index (χ0) is 16.2. The Kier molecular flexibility index (Phi) is 4.78. The van der Waals surface area contributed by atoms with Gasteiger partial charge in [0.05, 0.1) is 36.9 Å². The minimum absolute atomic E-state index is 0.145. The molecule has 1 N–H and O–H groups in total. The van der Waals surface area contributed by atoms with Crippen molar-refractivity contribution in [1.29, 1.82) is 5.26 Å². The van der Waals surface area contributed by atoms with E-state index in [1.165, 1.54) is 7.11 Å². The molecule has 1 aromatic heterocycles. The molecule has 0 aliphatic heterocycles. The number of hydrogen-bond donors (Lipinski definition) is 1. The normalized spacial score (nSPS) is 15.0. The number of carbonyl (C=O) groups excluding carboxylic acids is 1. The number of aromatic nitrogens is 2. The van der Waals surface area contributed by atoms with Crippen LogP contribution in [0.1, 0.15) is 13.8 Å². The maximum Gasteiger partial charge on any atom is 0.225 e. The molecule has 6 nitrogen and oxygen atoms in total. The molecular formula is C16H20N4O2. The lowest BCUT2D eigenvalue weighted by molar-refractivity contribution is -0.126. The fraction of sp³-hybridized carbons (Fsp3) is 0.438. The maximum absolute atomic E-state index is 12.3. The second-order valence-electron chi connectivity index (χ2n) is 5.65. The Morgan fingerprint density at radius 3 is 2.95 bits per heavy atom. The van der Waals surface area contributed by atoms with E-state index in [4.69, 9.17) is 4.74 Å². The minimum Gasteiger partial charge on any atom is -0.381 e. The molecule has 0 unspecified atom stereocenters. The summed E-state index contributed by atoms with van der Waals surface area (Å²) in [6, 6.07) is 9.92. The van der Waals surface area contributed by atoms with E-state index in [2.05, 4.69) is 16.5 Å². The SMILES string of the molecule is COC[C@](C)(C#N)NC(=O)[C@@H](C)Cn1ncc2ccccc21. The second-order valence-corrected chi connectivity index (χ2v) is 5.65. The molecule has 2 aromatic rings. The topological polar surface area (TPSA) is 79.9 Å². The van der Waals surface area contributed by atoms with Crippen molar-refractivity contribution in [1.82, 2.24) is 15.1 Å². The summed E-state index contributed by atoms with van der Waals surface area (Å²) in [7, 11) is 1.50. The van der Waals surface area contributed by atoms with Gasteiger partial charge in [-0.15, -0.1) is 0 Å². The van der Waals surface area contributed by atoms with Crippen molar-refractivity contribution < 1.29 is 9.53 Å². The molecule has 2 atom stereocenters. The van der Waals surface area contributed by atoms with Gasteiger partial charge in [0.1, 0.15) is 5.54 Å². The number of nitriles is 1. The zero-order valence-electron chi connectivity index (χ0n) is 13.0. The number of ether oxygens (including phenoxy) is 1. The zero-order valence-corrected chi connectivity index (χ0v) is 13.0. The van der Waals surface area contributed by atoms with E-state index < -0.39 is 5.54 Å². The van der Waals surface area contributed by atoms with E-state index in [0.29, 0.717) is 6.54 Å². The first-order valence-electron chi connectivity index (χ1n) is 7.12. The van der Waals surface area contributed by atoms with Crippen LogP contribution >= 0.6 is 0 Å². The quantitative estimate of drug-likeness (QED) is 0.881. The third-order valence-corrected chi connectivity index (χ3v) is 3.52. The second kappa shape index (κ2) is 6.58. The molecule has 0 aliphatic carbocycles. The molecule has 0 aliphatic rings. The predicted octanol–water partition coefficient (Wildman–Crippen LogP) is 1.72. The van der Waals surface area contributed by atoms with Gasteiger partial charge in [-0.3, -0.25) is 9.48 Å². The molecule has 1 heterocycles. The van der Waals surface area contributed by atoms with Gasteiger partial charge in [0, 0.05) is 12.5 Å². The number of benzene rings is 1. The van der Waals surface area contributed by atoms with Gasteiger partial charge >= 0.3 is 0 Å². The largest absolute Gasteiger partial charge is 0.381 e. The number of hydrogen-bond acceptors (Lipinski definition) is 4. The van der Waals surface area contributed by atoms with Crippen molar-refractivity contribution in [2.75, 3.05) is 13.7 Å². The number of rotatable bonds is 6. The number of fused-ring (bicyclic) bond motifs is 1. The van der Waals surface area contributed by atoms with Gasteiger partial charge in [0.25, 0.3) is 0 Å². The summed E-state index contributed by atoms with van der Waals surface area (Å²) in [5.41, 5.74) is -0.0335. The van der Waals surface area contributed by atoms with Crippen LogP contribution in [0.5, 0.6) is 0 Å². The Morgan fingerprint density at radius 2 is 2.27 bits per heavy atom. The molecule has 0 saturated carbocycles. The molecular weight excluding hydrogens is 280 g/mol. The van der Waals surface area contributed by atoms with E-state index in [-0.39, 0.29) is 18.4 Å². The van der Waals surface area contributed by atoms with Crippen LogP contribution in [0, 0.1) is 17.2 Å². The summed E-state index contributed by atoms with van der Waals surface area (Å²) in [6.45, 7) is 4.06. The van der Waals surface area contributed by atoms with Gasteiger partial charge < -0.3 is 10.1 Å². The molecule has 22 heavy (non-hydrogen) atoms. The van der Waals surface area contributed by atoms with Crippen molar-refractivity contribution in [2.24, 2.45) is 5.92 Å². The highest BCUT2D eigenvalue weighted by Crippen LogP contribution is 2.15. The lowest BCUT2D eigenvalue weighted by Gasteiger charge is -2.24. The van der Waals surface area contributed by atoms with E-state index in [0.717, 1.165) is 10.9 Å². The molecule has 1 aromatic carbocycles. The number of para-hydroxylation sites is 1. The number of amides is 1. The predicted molar refractivity (Wildman–Crippen MR) is 82.9 cm³/mol. The fourth-order valence-corrected chi connectivity index (χ4v) is 2.29. The summed E-state index contributed by atoms with van der Waals surface area (Å²) >= 11 is 0. The smallest absolute Gasteiger partial charge is 0.225 e. The molecule has 6 heteroatoms. The van der Waals surface area contributed by atoms with Crippen LogP contribution in [0.4, 0.5) is 0 Å².